The predicted octanol–water partition coefficient (Wildman–Crippen LogP) is 1.55. The number of hydrogen-bond donors (Lipinski definition) is 0. The first-order chi connectivity index (χ1) is 6.93. The van der Waals surface area contributed by atoms with E-state index in [9.17, 15) is 9.59 Å². The van der Waals surface area contributed by atoms with E-state index < -0.39 is 11.9 Å². The number of allylic oxidation sites excluding steroid dienone is 1. The fraction of sp³-hybridized carbons (Fsp3) is 0.636. The average molecular weight is 214 g/mol. The first-order valence-electron chi connectivity index (χ1n) is 4.82. The topological polar surface area (TPSA) is 52.6 Å². The number of rotatable bonds is 4. The smallest absolute Gasteiger partial charge is 0.344 e. The lowest BCUT2D eigenvalue weighted by Gasteiger charge is -2.12. The minimum absolute atomic E-state index is 0.0406. The van der Waals surface area contributed by atoms with Gasteiger partial charge in [0.2, 0.25) is 0 Å². The molecule has 0 amide bonds. The van der Waals surface area contributed by atoms with Gasteiger partial charge in [0.05, 0.1) is 14.2 Å². The minimum atomic E-state index is -0.658. The van der Waals surface area contributed by atoms with Crippen molar-refractivity contribution in [2.24, 2.45) is 11.8 Å². The summed E-state index contributed by atoms with van der Waals surface area (Å²) < 4.78 is 9.02. The second kappa shape index (κ2) is 6.22. The molecule has 0 aliphatic carbocycles. The van der Waals surface area contributed by atoms with Crippen LogP contribution in [0.3, 0.4) is 0 Å². The van der Waals surface area contributed by atoms with Crippen molar-refractivity contribution >= 4 is 11.9 Å². The Labute approximate surface area is 90.2 Å². The molecule has 0 fully saturated rings. The Kier molecular flexibility index (Phi) is 5.67. The zero-order valence-corrected chi connectivity index (χ0v) is 9.87. The zero-order valence-electron chi connectivity index (χ0n) is 9.87. The SMILES string of the molecule is COC(=O)C(=CC(C)C(C)C)C(=O)OC. The Morgan fingerprint density at radius 1 is 1.00 bits per heavy atom. The molecule has 4 heteroatoms. The van der Waals surface area contributed by atoms with Crippen LogP contribution in [0.2, 0.25) is 0 Å². The van der Waals surface area contributed by atoms with Crippen LogP contribution < -0.4 is 0 Å². The van der Waals surface area contributed by atoms with Gasteiger partial charge in [0.15, 0.2) is 0 Å². The quantitative estimate of drug-likeness (QED) is 0.308. The molecule has 0 aliphatic rings. The molecule has 0 heterocycles. The van der Waals surface area contributed by atoms with Crippen LogP contribution in [0.4, 0.5) is 0 Å². The van der Waals surface area contributed by atoms with Crippen molar-refractivity contribution in [3.8, 4) is 0 Å². The van der Waals surface area contributed by atoms with Crippen molar-refractivity contribution in [3.63, 3.8) is 0 Å². The lowest BCUT2D eigenvalue weighted by molar-refractivity contribution is -0.144. The summed E-state index contributed by atoms with van der Waals surface area (Å²) in [5.74, 6) is -0.865. The number of esters is 2. The van der Waals surface area contributed by atoms with Gasteiger partial charge in [-0.3, -0.25) is 0 Å². The van der Waals surface area contributed by atoms with Crippen LogP contribution in [0.1, 0.15) is 20.8 Å². The maximum Gasteiger partial charge on any atom is 0.344 e. The fourth-order valence-corrected chi connectivity index (χ4v) is 0.895. The van der Waals surface area contributed by atoms with Gasteiger partial charge in [-0.1, -0.05) is 26.8 Å². The Hall–Kier alpha value is -1.32. The normalized spacial score (nSPS) is 11.9. The summed E-state index contributed by atoms with van der Waals surface area (Å²) >= 11 is 0. The molecule has 0 aromatic rings. The van der Waals surface area contributed by atoms with Crippen LogP contribution >= 0.6 is 0 Å². The van der Waals surface area contributed by atoms with Crippen LogP contribution in [0.25, 0.3) is 0 Å². The summed E-state index contributed by atoms with van der Waals surface area (Å²) in [6, 6.07) is 0. The van der Waals surface area contributed by atoms with Crippen molar-refractivity contribution < 1.29 is 19.1 Å². The maximum absolute atomic E-state index is 11.3. The summed E-state index contributed by atoms with van der Waals surface area (Å²) in [4.78, 5) is 22.6. The minimum Gasteiger partial charge on any atom is -0.465 e. The third-order valence-electron chi connectivity index (χ3n) is 2.29. The summed E-state index contributed by atoms with van der Waals surface area (Å²) in [5.41, 5.74) is -0.0406. The van der Waals surface area contributed by atoms with Gasteiger partial charge in [-0.05, 0) is 11.8 Å². The highest BCUT2D eigenvalue weighted by Crippen LogP contribution is 2.15. The van der Waals surface area contributed by atoms with Crippen molar-refractivity contribution in [3.05, 3.63) is 11.6 Å². The Bertz CT molecular complexity index is 248. The molecular weight excluding hydrogens is 196 g/mol. The molecule has 86 valence electrons. The summed E-state index contributed by atoms with van der Waals surface area (Å²) in [7, 11) is 2.47. The number of carbonyl (C=O) groups excluding carboxylic acids is 2. The van der Waals surface area contributed by atoms with Gasteiger partial charge >= 0.3 is 11.9 Å². The van der Waals surface area contributed by atoms with E-state index in [-0.39, 0.29) is 11.5 Å². The molecule has 0 spiro atoms. The zero-order chi connectivity index (χ0) is 12.0. The highest BCUT2D eigenvalue weighted by Gasteiger charge is 2.21. The van der Waals surface area contributed by atoms with Crippen molar-refractivity contribution in [1.29, 1.82) is 0 Å². The number of ether oxygens (including phenoxy) is 2. The van der Waals surface area contributed by atoms with E-state index in [4.69, 9.17) is 0 Å². The Morgan fingerprint density at radius 2 is 1.40 bits per heavy atom. The Morgan fingerprint density at radius 3 is 1.67 bits per heavy atom. The number of methoxy groups -OCH3 is 2. The molecule has 0 rings (SSSR count). The predicted molar refractivity (Wildman–Crippen MR) is 56.1 cm³/mol. The third-order valence-corrected chi connectivity index (χ3v) is 2.29. The summed E-state index contributed by atoms with van der Waals surface area (Å²) in [5, 5.41) is 0. The summed E-state index contributed by atoms with van der Waals surface area (Å²) in [6.45, 7) is 5.94. The molecule has 0 bridgehead atoms. The van der Waals surface area contributed by atoms with E-state index in [1.54, 1.807) is 6.08 Å². The van der Waals surface area contributed by atoms with E-state index in [0.717, 1.165) is 0 Å². The van der Waals surface area contributed by atoms with Crippen LogP contribution in [0.5, 0.6) is 0 Å². The van der Waals surface area contributed by atoms with Crippen molar-refractivity contribution in [2.75, 3.05) is 14.2 Å². The van der Waals surface area contributed by atoms with Gasteiger partial charge in [0.25, 0.3) is 0 Å². The lowest BCUT2D eigenvalue weighted by atomic mass is 9.95. The lowest BCUT2D eigenvalue weighted by Crippen LogP contribution is -2.17. The standard InChI is InChI=1S/C11H18O4/c1-7(2)8(3)6-9(10(12)14-4)11(13)15-5/h6-8H,1-5H3. The number of hydrogen-bond acceptors (Lipinski definition) is 4. The molecule has 0 N–H and O–H groups in total. The van der Waals surface area contributed by atoms with Gasteiger partial charge in [-0.15, -0.1) is 0 Å². The van der Waals surface area contributed by atoms with E-state index in [2.05, 4.69) is 9.47 Å². The van der Waals surface area contributed by atoms with Crippen molar-refractivity contribution in [2.45, 2.75) is 20.8 Å². The molecular formula is C11H18O4. The second-order valence-corrected chi connectivity index (χ2v) is 3.67. The van der Waals surface area contributed by atoms with E-state index in [1.165, 1.54) is 14.2 Å². The van der Waals surface area contributed by atoms with E-state index in [1.807, 2.05) is 20.8 Å². The largest absolute Gasteiger partial charge is 0.465 e. The van der Waals surface area contributed by atoms with Crippen LogP contribution in [0.15, 0.2) is 11.6 Å². The molecule has 0 aromatic heterocycles. The van der Waals surface area contributed by atoms with Gasteiger partial charge in [-0.25, -0.2) is 9.59 Å². The fourth-order valence-electron chi connectivity index (χ4n) is 0.895. The molecule has 0 aromatic carbocycles. The molecule has 15 heavy (non-hydrogen) atoms. The van der Waals surface area contributed by atoms with Crippen LogP contribution in [-0.2, 0) is 19.1 Å². The van der Waals surface area contributed by atoms with Crippen LogP contribution in [0, 0.1) is 11.8 Å². The van der Waals surface area contributed by atoms with Crippen LogP contribution in [-0.4, -0.2) is 26.2 Å². The Balaban J connectivity index is 4.93. The summed E-state index contributed by atoms with van der Waals surface area (Å²) in [6.07, 6.45) is 1.59. The maximum atomic E-state index is 11.3. The van der Waals surface area contributed by atoms with E-state index in [0.29, 0.717) is 5.92 Å². The van der Waals surface area contributed by atoms with Crippen molar-refractivity contribution in [1.82, 2.24) is 0 Å². The number of carbonyl (C=O) groups is 2. The second-order valence-electron chi connectivity index (χ2n) is 3.67. The highest BCUT2D eigenvalue weighted by molar-refractivity contribution is 6.13. The first-order valence-corrected chi connectivity index (χ1v) is 4.82. The monoisotopic (exact) mass is 214 g/mol. The molecule has 0 saturated heterocycles. The molecule has 1 unspecified atom stereocenters. The van der Waals surface area contributed by atoms with Gasteiger partial charge in [0, 0.05) is 0 Å². The molecule has 4 nitrogen and oxygen atoms in total. The third kappa shape index (κ3) is 4.14. The van der Waals surface area contributed by atoms with Gasteiger partial charge in [0.1, 0.15) is 5.57 Å². The van der Waals surface area contributed by atoms with E-state index >= 15 is 0 Å². The highest BCUT2D eigenvalue weighted by atomic mass is 16.5. The van der Waals surface area contributed by atoms with Gasteiger partial charge < -0.3 is 9.47 Å². The molecule has 0 saturated carbocycles. The van der Waals surface area contributed by atoms with Gasteiger partial charge in [-0.2, -0.15) is 0 Å². The molecule has 1 atom stereocenters. The molecule has 0 radical (unpaired) electrons. The molecule has 0 aliphatic heterocycles. The average Bonchev–Trinajstić information content (AvgIpc) is 2.23. The first kappa shape index (κ1) is 13.7.